The number of carboxylic acid groups (broad SMARTS) is 1. The molecule has 1 rings (SSSR count). The summed E-state index contributed by atoms with van der Waals surface area (Å²) in [6, 6.07) is 0. The van der Waals surface area contributed by atoms with Crippen LogP contribution in [0.2, 0.25) is 0 Å². The Kier molecular flexibility index (Phi) is 7.14. The fourth-order valence-electron chi connectivity index (χ4n) is 2.93. The number of hydrogen-bond acceptors (Lipinski definition) is 2. The van der Waals surface area contributed by atoms with Crippen molar-refractivity contribution >= 4 is 11.9 Å². The third-order valence-corrected chi connectivity index (χ3v) is 4.08. The van der Waals surface area contributed by atoms with Crippen LogP contribution in [0.3, 0.4) is 0 Å². The molecule has 0 aromatic rings. The molecule has 4 heteroatoms. The van der Waals surface area contributed by atoms with E-state index in [1.54, 1.807) is 0 Å². The smallest absolute Gasteiger partial charge is 0.323 e. The molecule has 1 saturated carbocycles. The molecule has 0 aromatic carbocycles. The molecule has 0 radical (unpaired) electrons. The van der Waals surface area contributed by atoms with Crippen molar-refractivity contribution in [1.29, 1.82) is 0 Å². The molecular formula is C16H25NO3. The normalized spacial score (nSPS) is 22.0. The van der Waals surface area contributed by atoms with E-state index in [-0.39, 0.29) is 24.9 Å². The van der Waals surface area contributed by atoms with Crippen molar-refractivity contribution in [2.24, 2.45) is 11.8 Å². The topological polar surface area (TPSA) is 57.6 Å². The Hall–Kier alpha value is -1.50. The van der Waals surface area contributed by atoms with Crippen LogP contribution in [0.15, 0.2) is 0 Å². The van der Waals surface area contributed by atoms with Gasteiger partial charge in [-0.05, 0) is 31.6 Å². The van der Waals surface area contributed by atoms with E-state index in [0.717, 1.165) is 31.6 Å². The number of carbonyl (C=O) groups excluding carboxylic acids is 1. The average molecular weight is 279 g/mol. The Labute approximate surface area is 121 Å². The van der Waals surface area contributed by atoms with Crippen LogP contribution in [0.4, 0.5) is 0 Å². The average Bonchev–Trinajstić information content (AvgIpc) is 2.44. The van der Waals surface area contributed by atoms with Crippen LogP contribution in [0.1, 0.15) is 51.9 Å². The highest BCUT2D eigenvalue weighted by Gasteiger charge is 2.29. The number of rotatable bonds is 7. The Morgan fingerprint density at radius 1 is 1.30 bits per heavy atom. The Balaban J connectivity index is 2.47. The van der Waals surface area contributed by atoms with Gasteiger partial charge < -0.3 is 10.0 Å². The zero-order valence-corrected chi connectivity index (χ0v) is 12.3. The van der Waals surface area contributed by atoms with Crippen LogP contribution in [-0.4, -0.2) is 35.0 Å². The van der Waals surface area contributed by atoms with Crippen LogP contribution in [-0.2, 0) is 9.59 Å². The molecule has 0 spiro atoms. The minimum absolute atomic E-state index is 0.0411. The largest absolute Gasteiger partial charge is 0.480 e. The number of amides is 1. The van der Waals surface area contributed by atoms with Crippen molar-refractivity contribution in [1.82, 2.24) is 4.90 Å². The second kappa shape index (κ2) is 8.63. The van der Waals surface area contributed by atoms with Crippen LogP contribution in [0.5, 0.6) is 0 Å². The second-order valence-corrected chi connectivity index (χ2v) is 5.65. The Morgan fingerprint density at radius 2 is 1.95 bits per heavy atom. The lowest BCUT2D eigenvalue weighted by Gasteiger charge is -2.30. The van der Waals surface area contributed by atoms with Gasteiger partial charge >= 0.3 is 5.97 Å². The SMILES string of the molecule is C#CCN(CC(=O)O)C(=O)C1CCC(CCCC)CC1. The summed E-state index contributed by atoms with van der Waals surface area (Å²) in [7, 11) is 0. The monoisotopic (exact) mass is 279 g/mol. The van der Waals surface area contributed by atoms with Gasteiger partial charge in [-0.15, -0.1) is 6.42 Å². The first-order chi connectivity index (χ1) is 9.58. The first kappa shape index (κ1) is 16.6. The highest BCUT2D eigenvalue weighted by Crippen LogP contribution is 2.32. The molecule has 0 unspecified atom stereocenters. The van der Waals surface area contributed by atoms with Crippen LogP contribution >= 0.6 is 0 Å². The lowest BCUT2D eigenvalue weighted by atomic mass is 9.79. The molecule has 4 nitrogen and oxygen atoms in total. The predicted octanol–water partition coefficient (Wildman–Crippen LogP) is 2.53. The fraction of sp³-hybridized carbons (Fsp3) is 0.750. The number of hydrogen-bond donors (Lipinski definition) is 1. The van der Waals surface area contributed by atoms with Gasteiger partial charge in [0.05, 0.1) is 6.54 Å². The molecule has 0 saturated heterocycles. The summed E-state index contributed by atoms with van der Waals surface area (Å²) in [4.78, 5) is 24.4. The molecule has 0 heterocycles. The summed E-state index contributed by atoms with van der Waals surface area (Å²) in [5, 5.41) is 8.83. The lowest BCUT2D eigenvalue weighted by molar-refractivity contribution is -0.146. The van der Waals surface area contributed by atoms with Crippen molar-refractivity contribution in [2.45, 2.75) is 51.9 Å². The van der Waals surface area contributed by atoms with Gasteiger partial charge in [-0.1, -0.05) is 32.1 Å². The van der Waals surface area contributed by atoms with E-state index >= 15 is 0 Å². The quantitative estimate of drug-likeness (QED) is 0.729. The molecular weight excluding hydrogens is 254 g/mol. The molecule has 1 aliphatic carbocycles. The van der Waals surface area contributed by atoms with E-state index in [9.17, 15) is 9.59 Å². The van der Waals surface area contributed by atoms with Gasteiger partial charge in [0.2, 0.25) is 5.91 Å². The molecule has 20 heavy (non-hydrogen) atoms. The van der Waals surface area contributed by atoms with Crippen LogP contribution < -0.4 is 0 Å². The summed E-state index contributed by atoms with van der Waals surface area (Å²) in [5.41, 5.74) is 0. The number of terminal acetylenes is 1. The van der Waals surface area contributed by atoms with Gasteiger partial charge in [0.1, 0.15) is 6.54 Å². The van der Waals surface area contributed by atoms with Gasteiger partial charge in [0.25, 0.3) is 0 Å². The third-order valence-electron chi connectivity index (χ3n) is 4.08. The highest BCUT2D eigenvalue weighted by atomic mass is 16.4. The molecule has 1 aliphatic rings. The molecule has 0 aromatic heterocycles. The first-order valence-electron chi connectivity index (χ1n) is 7.52. The Morgan fingerprint density at radius 3 is 2.45 bits per heavy atom. The van der Waals surface area contributed by atoms with Gasteiger partial charge in [-0.3, -0.25) is 9.59 Å². The van der Waals surface area contributed by atoms with Crippen molar-refractivity contribution in [3.05, 3.63) is 0 Å². The number of carboxylic acids is 1. The van der Waals surface area contributed by atoms with E-state index in [4.69, 9.17) is 11.5 Å². The van der Waals surface area contributed by atoms with Crippen LogP contribution in [0.25, 0.3) is 0 Å². The second-order valence-electron chi connectivity index (χ2n) is 5.65. The summed E-state index contributed by atoms with van der Waals surface area (Å²) in [6.07, 6.45) is 12.8. The number of nitrogens with zero attached hydrogens (tertiary/aromatic N) is 1. The van der Waals surface area contributed by atoms with Gasteiger partial charge in [0, 0.05) is 5.92 Å². The summed E-state index contributed by atoms with van der Waals surface area (Å²) < 4.78 is 0. The maximum atomic E-state index is 12.3. The Bertz CT molecular complexity index is 364. The van der Waals surface area contributed by atoms with E-state index < -0.39 is 5.97 Å². The van der Waals surface area contributed by atoms with Gasteiger partial charge in [-0.25, -0.2) is 0 Å². The molecule has 1 amide bonds. The third kappa shape index (κ3) is 5.24. The number of unbranched alkanes of at least 4 members (excludes halogenated alkanes) is 1. The molecule has 0 bridgehead atoms. The summed E-state index contributed by atoms with van der Waals surface area (Å²) in [6.45, 7) is 1.98. The fourth-order valence-corrected chi connectivity index (χ4v) is 2.93. The van der Waals surface area contributed by atoms with Crippen molar-refractivity contribution < 1.29 is 14.7 Å². The van der Waals surface area contributed by atoms with Crippen molar-refractivity contribution in [2.75, 3.05) is 13.1 Å². The zero-order valence-electron chi connectivity index (χ0n) is 12.3. The standard InChI is InChI=1S/C16H25NO3/c1-3-5-6-13-7-9-14(10-8-13)16(20)17(11-4-2)12-15(18)19/h2,13-14H,3,5-12H2,1H3,(H,18,19). The highest BCUT2D eigenvalue weighted by molar-refractivity contribution is 5.83. The minimum atomic E-state index is -1.01. The van der Waals surface area contributed by atoms with E-state index in [0.29, 0.717) is 0 Å². The molecule has 1 N–H and O–H groups in total. The molecule has 112 valence electrons. The molecule has 1 fully saturated rings. The van der Waals surface area contributed by atoms with Crippen LogP contribution in [0, 0.1) is 24.2 Å². The molecule has 0 aliphatic heterocycles. The zero-order chi connectivity index (χ0) is 15.0. The number of aliphatic carboxylic acids is 1. The van der Waals surface area contributed by atoms with E-state index in [2.05, 4.69) is 12.8 Å². The van der Waals surface area contributed by atoms with Crippen molar-refractivity contribution in [3.63, 3.8) is 0 Å². The maximum Gasteiger partial charge on any atom is 0.323 e. The minimum Gasteiger partial charge on any atom is -0.480 e. The van der Waals surface area contributed by atoms with Crippen molar-refractivity contribution in [3.8, 4) is 12.3 Å². The van der Waals surface area contributed by atoms with Gasteiger partial charge in [0.15, 0.2) is 0 Å². The van der Waals surface area contributed by atoms with Gasteiger partial charge in [-0.2, -0.15) is 0 Å². The molecule has 0 atom stereocenters. The number of carbonyl (C=O) groups is 2. The predicted molar refractivity (Wildman–Crippen MR) is 78.0 cm³/mol. The summed E-state index contributed by atoms with van der Waals surface area (Å²) in [5.74, 6) is 1.97. The van der Waals surface area contributed by atoms with E-state index in [1.807, 2.05) is 0 Å². The first-order valence-corrected chi connectivity index (χ1v) is 7.52. The summed E-state index contributed by atoms with van der Waals surface area (Å²) >= 11 is 0. The maximum absolute atomic E-state index is 12.3. The van der Waals surface area contributed by atoms with E-state index in [1.165, 1.54) is 24.2 Å². The lowest BCUT2D eigenvalue weighted by Crippen LogP contribution is -2.41.